The molecule has 0 bridgehead atoms. The van der Waals surface area contributed by atoms with Crippen LogP contribution < -0.4 is 10.4 Å². The number of rotatable bonds is 3. The molecule has 2 aromatic rings. The fraction of sp³-hybridized carbons (Fsp3) is 0.333. The average molecular weight is 314 g/mol. The van der Waals surface area contributed by atoms with Crippen molar-refractivity contribution in [2.24, 2.45) is 0 Å². The second-order valence-corrected chi connectivity index (χ2v) is 5.85. The van der Waals surface area contributed by atoms with Crippen molar-refractivity contribution in [1.29, 1.82) is 0 Å². The summed E-state index contributed by atoms with van der Waals surface area (Å²) >= 11 is 0. The lowest BCUT2D eigenvalue weighted by Crippen LogP contribution is -2.17. The number of ether oxygens (including phenoxy) is 2. The summed E-state index contributed by atoms with van der Waals surface area (Å²) in [6.45, 7) is 9.38. The van der Waals surface area contributed by atoms with Crippen molar-refractivity contribution in [3.63, 3.8) is 0 Å². The first-order valence-electron chi connectivity index (χ1n) is 7.43. The van der Waals surface area contributed by atoms with Gasteiger partial charge >= 0.3 is 11.6 Å². The van der Waals surface area contributed by atoms with Crippen molar-refractivity contribution in [2.45, 2.75) is 33.3 Å². The molecule has 0 radical (unpaired) electrons. The number of fused-ring (bicyclic) bond motifs is 1. The minimum Gasteiger partial charge on any atom is -0.489 e. The van der Waals surface area contributed by atoms with Crippen LogP contribution in [0.4, 0.5) is 0 Å². The second-order valence-electron chi connectivity index (χ2n) is 5.85. The molecule has 1 aliphatic heterocycles. The Labute approximate surface area is 133 Å². The van der Waals surface area contributed by atoms with Crippen LogP contribution in [-0.2, 0) is 9.53 Å². The number of benzene rings is 1. The number of carbonyl (C=O) groups excluding carboxylic acids is 1. The van der Waals surface area contributed by atoms with Crippen LogP contribution in [0.25, 0.3) is 11.0 Å². The Morgan fingerprint density at radius 1 is 1.17 bits per heavy atom. The van der Waals surface area contributed by atoms with Gasteiger partial charge in [0.25, 0.3) is 0 Å². The Bertz CT molecular complexity index is 859. The molecule has 0 N–H and O–H groups in total. The third kappa shape index (κ3) is 2.63. The Kier molecular flexibility index (Phi) is 3.72. The van der Waals surface area contributed by atoms with Crippen molar-refractivity contribution in [2.75, 3.05) is 6.61 Å². The number of cyclic esters (lactones) is 1. The van der Waals surface area contributed by atoms with E-state index < -0.39 is 0 Å². The number of carbonyl (C=O) groups is 1. The van der Waals surface area contributed by atoms with Gasteiger partial charge in [-0.15, -0.1) is 0 Å². The predicted molar refractivity (Wildman–Crippen MR) is 85.8 cm³/mol. The normalized spacial score (nSPS) is 17.6. The van der Waals surface area contributed by atoms with E-state index in [1.807, 2.05) is 26.0 Å². The van der Waals surface area contributed by atoms with Crippen LogP contribution in [0, 0.1) is 20.8 Å². The number of hydrogen-bond donors (Lipinski definition) is 0. The molecule has 5 nitrogen and oxygen atoms in total. The summed E-state index contributed by atoms with van der Waals surface area (Å²) in [5.41, 5.74) is 2.94. The van der Waals surface area contributed by atoms with Gasteiger partial charge < -0.3 is 13.9 Å². The predicted octanol–water partition coefficient (Wildman–Crippen LogP) is 2.97. The highest BCUT2D eigenvalue weighted by Crippen LogP contribution is 2.30. The smallest absolute Gasteiger partial charge is 0.339 e. The van der Waals surface area contributed by atoms with Crippen LogP contribution in [0.2, 0.25) is 0 Å². The minimum absolute atomic E-state index is 0.242. The quantitative estimate of drug-likeness (QED) is 0.495. The van der Waals surface area contributed by atoms with Gasteiger partial charge in [0, 0.05) is 28.5 Å². The third-order valence-electron chi connectivity index (χ3n) is 4.28. The van der Waals surface area contributed by atoms with Crippen molar-refractivity contribution in [3.05, 3.63) is 51.4 Å². The van der Waals surface area contributed by atoms with Gasteiger partial charge in [0.05, 0.1) is 0 Å². The molecule has 1 unspecified atom stereocenters. The van der Waals surface area contributed by atoms with Gasteiger partial charge in [-0.2, -0.15) is 0 Å². The SMILES string of the molecule is C=C1CC(COc2ccc3c(C)c(C)c(=O)oc3c2C)OC1=O. The van der Waals surface area contributed by atoms with E-state index >= 15 is 0 Å². The van der Waals surface area contributed by atoms with Gasteiger partial charge in [-0.25, -0.2) is 9.59 Å². The molecule has 23 heavy (non-hydrogen) atoms. The molecule has 5 heteroatoms. The van der Waals surface area contributed by atoms with Crippen molar-refractivity contribution in [1.82, 2.24) is 0 Å². The van der Waals surface area contributed by atoms with E-state index in [2.05, 4.69) is 6.58 Å². The number of aryl methyl sites for hydroxylation is 2. The van der Waals surface area contributed by atoms with Crippen LogP contribution in [0.3, 0.4) is 0 Å². The lowest BCUT2D eigenvalue weighted by Gasteiger charge is -2.14. The van der Waals surface area contributed by atoms with Crippen molar-refractivity contribution >= 4 is 16.9 Å². The fourth-order valence-corrected chi connectivity index (χ4v) is 2.69. The molecule has 1 fully saturated rings. The summed E-state index contributed by atoms with van der Waals surface area (Å²) in [5.74, 6) is 0.239. The molecule has 2 heterocycles. The van der Waals surface area contributed by atoms with Gasteiger partial charge in [0.2, 0.25) is 0 Å². The molecule has 0 spiro atoms. The van der Waals surface area contributed by atoms with Gasteiger partial charge in [0.15, 0.2) is 0 Å². The van der Waals surface area contributed by atoms with Crippen LogP contribution in [0.5, 0.6) is 5.75 Å². The third-order valence-corrected chi connectivity index (χ3v) is 4.28. The van der Waals surface area contributed by atoms with E-state index in [1.54, 1.807) is 6.92 Å². The molecule has 120 valence electrons. The van der Waals surface area contributed by atoms with E-state index in [0.717, 1.165) is 16.5 Å². The summed E-state index contributed by atoms with van der Waals surface area (Å²) in [5, 5.41) is 0.896. The van der Waals surface area contributed by atoms with E-state index in [9.17, 15) is 9.59 Å². The lowest BCUT2D eigenvalue weighted by atomic mass is 10.0. The molecule has 1 saturated heterocycles. The summed E-state index contributed by atoms with van der Waals surface area (Å²) < 4.78 is 16.3. The van der Waals surface area contributed by atoms with Crippen LogP contribution in [-0.4, -0.2) is 18.7 Å². The molecule has 1 aromatic heterocycles. The second kappa shape index (κ2) is 5.57. The zero-order valence-electron chi connectivity index (χ0n) is 13.4. The largest absolute Gasteiger partial charge is 0.489 e. The molecule has 0 aliphatic carbocycles. The molecule has 1 aliphatic rings. The molecule has 3 rings (SSSR count). The highest BCUT2D eigenvalue weighted by Gasteiger charge is 2.28. The summed E-state index contributed by atoms with van der Waals surface area (Å²) in [7, 11) is 0. The van der Waals surface area contributed by atoms with Gasteiger partial charge in [0.1, 0.15) is 24.0 Å². The molecular formula is C18H18O5. The van der Waals surface area contributed by atoms with Crippen molar-refractivity contribution in [3.8, 4) is 5.75 Å². The Morgan fingerprint density at radius 3 is 2.57 bits per heavy atom. The first-order valence-corrected chi connectivity index (χ1v) is 7.43. The van der Waals surface area contributed by atoms with Crippen LogP contribution in [0.1, 0.15) is 23.1 Å². The van der Waals surface area contributed by atoms with Crippen LogP contribution >= 0.6 is 0 Å². The van der Waals surface area contributed by atoms with E-state index in [-0.39, 0.29) is 24.3 Å². The maximum Gasteiger partial charge on any atom is 0.339 e. The van der Waals surface area contributed by atoms with Gasteiger partial charge in [-0.1, -0.05) is 6.58 Å². The number of hydrogen-bond acceptors (Lipinski definition) is 5. The zero-order chi connectivity index (χ0) is 16.7. The maximum absolute atomic E-state index is 11.9. The Balaban J connectivity index is 1.89. The highest BCUT2D eigenvalue weighted by molar-refractivity contribution is 5.90. The highest BCUT2D eigenvalue weighted by atomic mass is 16.6. The Morgan fingerprint density at radius 2 is 1.91 bits per heavy atom. The first-order chi connectivity index (χ1) is 10.9. The monoisotopic (exact) mass is 314 g/mol. The van der Waals surface area contributed by atoms with Gasteiger partial charge in [-0.05, 0) is 38.5 Å². The zero-order valence-corrected chi connectivity index (χ0v) is 13.4. The van der Waals surface area contributed by atoms with Gasteiger partial charge in [-0.3, -0.25) is 0 Å². The average Bonchev–Trinajstić information content (AvgIpc) is 2.83. The van der Waals surface area contributed by atoms with Crippen molar-refractivity contribution < 1.29 is 18.7 Å². The molecular weight excluding hydrogens is 296 g/mol. The molecule has 0 amide bonds. The first kappa shape index (κ1) is 15.3. The molecule has 0 saturated carbocycles. The summed E-state index contributed by atoms with van der Waals surface area (Å²) in [6.07, 6.45) is 0.149. The number of esters is 1. The summed E-state index contributed by atoms with van der Waals surface area (Å²) in [4.78, 5) is 23.2. The summed E-state index contributed by atoms with van der Waals surface area (Å²) in [6, 6.07) is 3.72. The minimum atomic E-state index is -0.370. The van der Waals surface area contributed by atoms with Crippen LogP contribution in [0.15, 0.2) is 33.5 Å². The standard InChI is InChI=1S/C18H18O5/c1-9-7-13(22-17(9)19)8-21-15-6-5-14-10(2)11(3)18(20)23-16(14)12(15)4/h5-6,13H,1,7-8H2,2-4H3. The molecule has 1 atom stereocenters. The van der Waals surface area contributed by atoms with E-state index in [4.69, 9.17) is 13.9 Å². The Hall–Kier alpha value is -2.56. The van der Waals surface area contributed by atoms with E-state index in [1.165, 1.54) is 0 Å². The fourth-order valence-electron chi connectivity index (χ4n) is 2.69. The maximum atomic E-state index is 11.9. The topological polar surface area (TPSA) is 65.7 Å². The lowest BCUT2D eigenvalue weighted by molar-refractivity contribution is -0.139. The van der Waals surface area contributed by atoms with E-state index in [0.29, 0.717) is 28.9 Å². The molecule has 1 aromatic carbocycles.